The first-order valence-electron chi connectivity index (χ1n) is 3.88. The normalized spacial score (nSPS) is 13.5. The Kier molecular flexibility index (Phi) is 2.85. The van der Waals surface area contributed by atoms with E-state index in [2.05, 4.69) is 10.4 Å². The van der Waals surface area contributed by atoms with Crippen molar-refractivity contribution in [3.8, 4) is 0 Å². The molecule has 0 N–H and O–H groups in total. The van der Waals surface area contributed by atoms with Crippen molar-refractivity contribution in [2.45, 2.75) is 0 Å². The predicted octanol–water partition coefficient (Wildman–Crippen LogP) is -1.86. The Labute approximate surface area is 89.9 Å². The maximum absolute atomic E-state index is 11.1. The standard InChI is InChI=1S/C3H6N4.4CHO.Fe/c1-6-3-7(2)5-4-6;4*1-2;/h1-2H3;4*1H;. The molecule has 0 saturated carbocycles. The second kappa shape index (κ2) is 3.69. The number of hydrogen-bond donors (Lipinski definition) is 0. The molecule has 0 fully saturated rings. The van der Waals surface area contributed by atoms with Crippen molar-refractivity contribution in [1.82, 2.24) is 19.8 Å². The third-order valence-electron chi connectivity index (χ3n) is 1.94. The molecule has 8 nitrogen and oxygen atoms in total. The van der Waals surface area contributed by atoms with Gasteiger partial charge in [-0.3, -0.25) is 0 Å². The Morgan fingerprint density at radius 2 is 1.19 bits per heavy atom. The quantitative estimate of drug-likeness (QED) is 0.469. The van der Waals surface area contributed by atoms with Crippen LogP contribution in [-0.2, 0) is 44.6 Å². The van der Waals surface area contributed by atoms with Gasteiger partial charge >= 0.3 is 89.5 Å². The maximum atomic E-state index is 11.1. The summed E-state index contributed by atoms with van der Waals surface area (Å²) >= 11 is -4.70. The summed E-state index contributed by atoms with van der Waals surface area (Å²) in [6.07, 6.45) is 0. The summed E-state index contributed by atoms with van der Waals surface area (Å²) in [5, 5.41) is 7.57. The molecule has 1 heterocycles. The van der Waals surface area contributed by atoms with Gasteiger partial charge in [-0.25, -0.2) is 0 Å². The number of aromatic nitrogens is 4. The van der Waals surface area contributed by atoms with Crippen LogP contribution < -0.4 is 0 Å². The van der Waals surface area contributed by atoms with Gasteiger partial charge in [0.2, 0.25) is 0 Å². The van der Waals surface area contributed by atoms with E-state index in [4.69, 9.17) is 0 Å². The zero-order chi connectivity index (χ0) is 12.4. The van der Waals surface area contributed by atoms with E-state index in [0.717, 1.165) is 9.36 Å². The number of carbonyl (C=O) groups excluding carboxylic acids is 4. The van der Waals surface area contributed by atoms with Crippen LogP contribution >= 0.6 is 0 Å². The SMILES string of the molecule is Cn1nnn(C)[c]1=[Fe]([CH]=O)([CH]=O)([CH]=O)[CH]=O. The summed E-state index contributed by atoms with van der Waals surface area (Å²) in [6.45, 7) is 0. The first-order valence-corrected chi connectivity index (χ1v) is 6.98. The fraction of sp³-hybridized carbons (Fsp3) is 0.286. The van der Waals surface area contributed by atoms with Crippen LogP contribution in [0.5, 0.6) is 0 Å². The topological polar surface area (TPSA) is 104 Å². The summed E-state index contributed by atoms with van der Waals surface area (Å²) in [5.74, 6) is 0. The summed E-state index contributed by atoms with van der Waals surface area (Å²) in [4.78, 5) is 44.5. The molecule has 0 spiro atoms. The van der Waals surface area contributed by atoms with Gasteiger partial charge in [0.25, 0.3) is 0 Å². The molecular weight excluding hydrogens is 260 g/mol. The predicted molar refractivity (Wildman–Crippen MR) is 50.2 cm³/mol. The van der Waals surface area contributed by atoms with Gasteiger partial charge in [0.1, 0.15) is 0 Å². The van der Waals surface area contributed by atoms with Crippen molar-refractivity contribution >= 4 is 20.7 Å². The van der Waals surface area contributed by atoms with Crippen LogP contribution in [0.25, 0.3) is 0 Å². The molecule has 0 aliphatic carbocycles. The Bertz CT molecular complexity index is 505. The summed E-state index contributed by atoms with van der Waals surface area (Å²) in [7, 11) is 2.79. The Morgan fingerprint density at radius 3 is 1.44 bits per heavy atom. The van der Waals surface area contributed by atoms with Crippen molar-refractivity contribution in [1.29, 1.82) is 0 Å². The third-order valence-corrected chi connectivity index (χ3v) is 6.11. The summed E-state index contributed by atoms with van der Waals surface area (Å²) < 4.78 is 2.07. The second-order valence-corrected chi connectivity index (χ2v) is 7.95. The number of aryl methyl sites for hydroxylation is 2. The Hall–Kier alpha value is -1.73. The second-order valence-electron chi connectivity index (χ2n) is 2.93. The number of hydrogen-bond acceptors (Lipinski definition) is 6. The van der Waals surface area contributed by atoms with Gasteiger partial charge in [-0.2, -0.15) is 0 Å². The van der Waals surface area contributed by atoms with Crippen LogP contribution in [0.2, 0.25) is 0 Å². The van der Waals surface area contributed by atoms with Gasteiger partial charge in [0, 0.05) is 0 Å². The Morgan fingerprint density at radius 1 is 0.875 bits per heavy atom. The molecule has 1 rings (SSSR count). The van der Waals surface area contributed by atoms with Crippen LogP contribution in [0, 0.1) is 4.32 Å². The third kappa shape index (κ3) is 1.25. The fourth-order valence-electron chi connectivity index (χ4n) is 1.20. The van der Waals surface area contributed by atoms with Crippen molar-refractivity contribution in [3.63, 3.8) is 0 Å². The number of nitrogens with zero attached hydrogens (tertiary/aromatic N) is 4. The van der Waals surface area contributed by atoms with Crippen LogP contribution in [0.1, 0.15) is 0 Å². The molecule has 0 aliphatic rings. The monoisotopic (exact) mass is 270 g/mol. The van der Waals surface area contributed by atoms with Crippen molar-refractivity contribution in [2.75, 3.05) is 0 Å². The number of rotatable bonds is 4. The first kappa shape index (κ1) is 12.3. The molecule has 0 aliphatic heterocycles. The van der Waals surface area contributed by atoms with Crippen LogP contribution in [0.4, 0.5) is 0 Å². The fourth-order valence-corrected chi connectivity index (χ4v) is 3.78. The van der Waals surface area contributed by atoms with Crippen molar-refractivity contribution < 1.29 is 30.5 Å². The van der Waals surface area contributed by atoms with E-state index in [1.807, 2.05) is 0 Å². The van der Waals surface area contributed by atoms with Gasteiger partial charge in [0.15, 0.2) is 0 Å². The summed E-state index contributed by atoms with van der Waals surface area (Å²) in [6, 6.07) is 0. The van der Waals surface area contributed by atoms with E-state index in [1.165, 1.54) is 14.1 Å². The molecule has 0 atom stereocenters. The molecule has 0 aromatic carbocycles. The Balaban J connectivity index is 4.35. The molecule has 1 aromatic heterocycles. The van der Waals surface area contributed by atoms with Gasteiger partial charge in [-0.1, -0.05) is 0 Å². The van der Waals surface area contributed by atoms with E-state index >= 15 is 0 Å². The van der Waals surface area contributed by atoms with Crippen molar-refractivity contribution in [2.24, 2.45) is 14.1 Å². The molecule has 0 bridgehead atoms. The molecule has 1 aromatic rings. The molecule has 0 saturated heterocycles. The van der Waals surface area contributed by atoms with Crippen molar-refractivity contribution in [3.05, 3.63) is 4.32 Å². The minimum atomic E-state index is -4.70. The van der Waals surface area contributed by atoms with E-state index in [1.54, 1.807) is 0 Å². The average molecular weight is 270 g/mol. The molecule has 0 amide bonds. The zero-order valence-electron chi connectivity index (χ0n) is 8.58. The molecule has 9 heteroatoms. The van der Waals surface area contributed by atoms with E-state index in [0.29, 0.717) is 0 Å². The van der Waals surface area contributed by atoms with Gasteiger partial charge in [-0.15, -0.1) is 0 Å². The van der Waals surface area contributed by atoms with Crippen LogP contribution in [0.3, 0.4) is 0 Å². The van der Waals surface area contributed by atoms with Gasteiger partial charge in [-0.05, 0) is 0 Å². The molecular formula is C7H10FeN4O4. The first-order chi connectivity index (χ1) is 7.49. The number of tetrazole rings is 1. The number of carbonyl (C=O) groups is 4. The van der Waals surface area contributed by atoms with Gasteiger partial charge in [0.05, 0.1) is 0 Å². The minimum absolute atomic E-state index is 0.0852. The van der Waals surface area contributed by atoms with Crippen LogP contribution in [0.15, 0.2) is 0 Å². The molecule has 16 heavy (non-hydrogen) atoms. The zero-order valence-corrected chi connectivity index (χ0v) is 9.69. The van der Waals surface area contributed by atoms with E-state index in [9.17, 15) is 19.2 Å². The average Bonchev–Trinajstić information content (AvgIpc) is 2.66. The molecule has 90 valence electrons. The van der Waals surface area contributed by atoms with Crippen LogP contribution in [-0.4, -0.2) is 40.5 Å². The van der Waals surface area contributed by atoms with E-state index in [-0.39, 0.29) is 25.1 Å². The van der Waals surface area contributed by atoms with Gasteiger partial charge < -0.3 is 0 Å². The molecule has 0 radical (unpaired) electrons. The van der Waals surface area contributed by atoms with E-state index < -0.39 is 11.4 Å². The molecule has 0 unspecified atom stereocenters. The summed E-state index contributed by atoms with van der Waals surface area (Å²) in [5.41, 5.74) is 0.